The van der Waals surface area contributed by atoms with Crippen LogP contribution in [-0.2, 0) is 16.4 Å². The lowest BCUT2D eigenvalue weighted by Gasteiger charge is -2.36. The molecule has 1 aliphatic rings. The third-order valence-corrected chi connectivity index (χ3v) is 7.98. The zero-order valence-electron chi connectivity index (χ0n) is 19.5. The summed E-state index contributed by atoms with van der Waals surface area (Å²) in [5.41, 5.74) is 2.44. The fourth-order valence-corrected chi connectivity index (χ4v) is 6.03. The fourth-order valence-electron chi connectivity index (χ4n) is 4.07. The molecule has 10 heteroatoms. The second-order valence-corrected chi connectivity index (χ2v) is 10.4. The third kappa shape index (κ3) is 5.18. The number of aryl methyl sites for hydroxylation is 1. The fraction of sp³-hybridized carbons (Fsp3) is 0.240. The van der Waals surface area contributed by atoms with Gasteiger partial charge >= 0.3 is 0 Å². The highest BCUT2D eigenvalue weighted by atomic mass is 32.2. The number of nitrogens with one attached hydrogen (secondary N) is 2. The second-order valence-electron chi connectivity index (χ2n) is 8.13. The molecule has 0 unspecified atom stereocenters. The number of hydrogen-bond donors (Lipinski definition) is 2. The minimum absolute atomic E-state index is 0.139. The maximum Gasteiger partial charge on any atom is 0.264 e. The summed E-state index contributed by atoms with van der Waals surface area (Å²) in [6, 6.07) is 15.6. The number of anilines is 3. The molecule has 0 aromatic heterocycles. The van der Waals surface area contributed by atoms with E-state index >= 15 is 0 Å². The van der Waals surface area contributed by atoms with Gasteiger partial charge < -0.3 is 20.1 Å². The van der Waals surface area contributed by atoms with E-state index in [1.54, 1.807) is 44.6 Å². The number of thiocarbonyl (C=S) groups is 1. The number of hydrogen-bond acceptors (Lipinski definition) is 5. The van der Waals surface area contributed by atoms with Gasteiger partial charge in [-0.3, -0.25) is 4.31 Å². The number of benzene rings is 3. The molecule has 0 fully saturated rings. The minimum Gasteiger partial charge on any atom is -0.497 e. The average molecular weight is 516 g/mol. The number of sulfonamides is 1. The van der Waals surface area contributed by atoms with Gasteiger partial charge in [-0.15, -0.1) is 0 Å². The predicted molar refractivity (Wildman–Crippen MR) is 140 cm³/mol. The van der Waals surface area contributed by atoms with Crippen LogP contribution in [0.2, 0.25) is 0 Å². The first-order valence-corrected chi connectivity index (χ1v) is 12.8. The Balaban J connectivity index is 1.52. The molecule has 0 aliphatic carbocycles. The summed E-state index contributed by atoms with van der Waals surface area (Å²) in [5, 5.41) is 6.40. The van der Waals surface area contributed by atoms with Crippen molar-refractivity contribution in [2.24, 2.45) is 0 Å². The number of rotatable bonds is 6. The highest BCUT2D eigenvalue weighted by molar-refractivity contribution is 7.92. The molecular formula is C25H26FN3O4S2. The van der Waals surface area contributed by atoms with Crippen LogP contribution in [0.3, 0.4) is 0 Å². The summed E-state index contributed by atoms with van der Waals surface area (Å²) in [7, 11) is -0.719. The summed E-state index contributed by atoms with van der Waals surface area (Å²) in [6.45, 7) is 1.86. The van der Waals surface area contributed by atoms with Crippen molar-refractivity contribution < 1.29 is 22.3 Å². The van der Waals surface area contributed by atoms with Crippen molar-refractivity contribution in [2.75, 3.05) is 29.2 Å². The van der Waals surface area contributed by atoms with Gasteiger partial charge in [0.2, 0.25) is 0 Å². The lowest BCUT2D eigenvalue weighted by Crippen LogP contribution is -2.42. The van der Waals surface area contributed by atoms with Crippen molar-refractivity contribution in [3.05, 3.63) is 72.0 Å². The van der Waals surface area contributed by atoms with E-state index in [0.29, 0.717) is 52.1 Å². The lowest BCUT2D eigenvalue weighted by molar-refractivity contribution is 0.405. The van der Waals surface area contributed by atoms with Crippen LogP contribution in [0.1, 0.15) is 18.9 Å². The Kier molecular flexibility index (Phi) is 7.13. The van der Waals surface area contributed by atoms with Crippen molar-refractivity contribution in [2.45, 2.75) is 30.7 Å². The number of halogens is 1. The van der Waals surface area contributed by atoms with Crippen LogP contribution in [0.25, 0.3) is 0 Å². The van der Waals surface area contributed by atoms with E-state index in [-0.39, 0.29) is 16.8 Å². The van der Waals surface area contributed by atoms with Crippen LogP contribution in [0.5, 0.6) is 11.5 Å². The maximum atomic E-state index is 13.7. The third-order valence-electron chi connectivity index (χ3n) is 5.83. The maximum absolute atomic E-state index is 13.7. The van der Waals surface area contributed by atoms with Gasteiger partial charge in [-0.25, -0.2) is 12.8 Å². The highest BCUT2D eigenvalue weighted by Gasteiger charge is 2.34. The zero-order valence-corrected chi connectivity index (χ0v) is 21.2. The molecule has 3 aromatic rings. The predicted octanol–water partition coefficient (Wildman–Crippen LogP) is 5.18. The van der Waals surface area contributed by atoms with E-state index in [1.807, 2.05) is 6.92 Å². The van der Waals surface area contributed by atoms with Crippen molar-refractivity contribution in [3.63, 3.8) is 0 Å². The average Bonchev–Trinajstić information content (AvgIpc) is 2.84. The number of ether oxygens (including phenoxy) is 2. The molecule has 2 N–H and O–H groups in total. The van der Waals surface area contributed by atoms with Gasteiger partial charge in [0.05, 0.1) is 30.5 Å². The lowest BCUT2D eigenvalue weighted by atomic mass is 9.99. The zero-order chi connectivity index (χ0) is 25.2. The van der Waals surface area contributed by atoms with Crippen LogP contribution in [0.15, 0.2) is 65.6 Å². The van der Waals surface area contributed by atoms with E-state index in [4.69, 9.17) is 21.7 Å². The van der Waals surface area contributed by atoms with Gasteiger partial charge in [-0.05, 0) is 92.1 Å². The van der Waals surface area contributed by atoms with E-state index in [1.165, 1.54) is 34.6 Å². The van der Waals surface area contributed by atoms with Crippen molar-refractivity contribution >= 4 is 44.4 Å². The Morgan fingerprint density at radius 2 is 1.77 bits per heavy atom. The van der Waals surface area contributed by atoms with E-state index in [0.717, 1.165) is 0 Å². The monoisotopic (exact) mass is 515 g/mol. The molecule has 0 bridgehead atoms. The molecule has 1 aliphatic heterocycles. The minimum atomic E-state index is -3.84. The molecule has 184 valence electrons. The van der Waals surface area contributed by atoms with Gasteiger partial charge in [0.1, 0.15) is 17.3 Å². The number of nitrogens with zero attached hydrogens (tertiary/aromatic N) is 1. The first-order chi connectivity index (χ1) is 16.7. The van der Waals surface area contributed by atoms with Gasteiger partial charge in [0.15, 0.2) is 5.11 Å². The van der Waals surface area contributed by atoms with Gasteiger partial charge in [0, 0.05) is 17.8 Å². The molecule has 4 rings (SSSR count). The molecule has 0 amide bonds. The molecule has 35 heavy (non-hydrogen) atoms. The summed E-state index contributed by atoms with van der Waals surface area (Å²) in [4.78, 5) is 0.139. The summed E-state index contributed by atoms with van der Waals surface area (Å²) >= 11 is 5.41. The Labute approximate surface area is 209 Å². The first kappa shape index (κ1) is 24.7. The largest absolute Gasteiger partial charge is 0.497 e. The Hall–Kier alpha value is -3.37. The number of fused-ring (bicyclic) bond motifs is 1. The molecule has 0 spiro atoms. The Bertz CT molecular complexity index is 1350. The highest BCUT2D eigenvalue weighted by Crippen LogP contribution is 2.36. The van der Waals surface area contributed by atoms with Crippen molar-refractivity contribution in [1.82, 2.24) is 0 Å². The standard InChI is InChI=1S/C25H26FN3O4S2/c1-16-4-5-17-14-18(26)6-12-23(17)29(16)35(30,31)21-10-7-19(8-11-21)27-25(34)28-22-15-20(32-2)9-13-24(22)33-3/h6-16H,4-5H2,1-3H3,(H2,27,28,34)/t16-/m0/s1. The van der Waals surface area contributed by atoms with E-state index < -0.39 is 10.0 Å². The van der Waals surface area contributed by atoms with E-state index in [2.05, 4.69) is 10.6 Å². The summed E-state index contributed by atoms with van der Waals surface area (Å²) in [6.07, 6.45) is 1.24. The molecule has 1 atom stereocenters. The Morgan fingerprint density at radius 3 is 2.46 bits per heavy atom. The van der Waals surface area contributed by atoms with Gasteiger partial charge in [-0.2, -0.15) is 0 Å². The smallest absolute Gasteiger partial charge is 0.264 e. The molecule has 7 nitrogen and oxygen atoms in total. The molecule has 3 aromatic carbocycles. The van der Waals surface area contributed by atoms with E-state index in [9.17, 15) is 12.8 Å². The molecule has 0 saturated carbocycles. The topological polar surface area (TPSA) is 79.9 Å². The SMILES string of the molecule is COc1ccc(OC)c(NC(=S)Nc2ccc(S(=O)(=O)N3c4ccc(F)cc4CC[C@@H]3C)cc2)c1. The Morgan fingerprint density at radius 1 is 1.03 bits per heavy atom. The van der Waals surface area contributed by atoms with Gasteiger partial charge in [-0.1, -0.05) is 0 Å². The number of methoxy groups -OCH3 is 2. The van der Waals surface area contributed by atoms with Crippen LogP contribution in [0, 0.1) is 5.82 Å². The van der Waals surface area contributed by atoms with Crippen LogP contribution >= 0.6 is 12.2 Å². The molecular weight excluding hydrogens is 489 g/mol. The molecule has 0 radical (unpaired) electrons. The quantitative estimate of drug-likeness (QED) is 0.438. The van der Waals surface area contributed by atoms with Crippen LogP contribution in [0.4, 0.5) is 21.5 Å². The molecule has 0 saturated heterocycles. The summed E-state index contributed by atoms with van der Waals surface area (Å²) in [5.74, 6) is 0.858. The van der Waals surface area contributed by atoms with Crippen LogP contribution in [-0.4, -0.2) is 33.8 Å². The normalized spacial score (nSPS) is 15.2. The first-order valence-electron chi connectivity index (χ1n) is 11.0. The van der Waals surface area contributed by atoms with Crippen LogP contribution < -0.4 is 24.4 Å². The second kappa shape index (κ2) is 10.1. The van der Waals surface area contributed by atoms with Gasteiger partial charge in [0.25, 0.3) is 10.0 Å². The summed E-state index contributed by atoms with van der Waals surface area (Å²) < 4.78 is 52.7. The van der Waals surface area contributed by atoms with Crippen molar-refractivity contribution in [1.29, 1.82) is 0 Å². The van der Waals surface area contributed by atoms with Crippen molar-refractivity contribution in [3.8, 4) is 11.5 Å². The molecule has 1 heterocycles.